The number of anilines is 1. The van der Waals surface area contributed by atoms with Gasteiger partial charge in [-0.05, 0) is 24.5 Å². The second-order valence-electron chi connectivity index (χ2n) is 6.74. The molecule has 0 bridgehead atoms. The standard InChI is InChI=1S/C17H15F5N4O2/c18-14(19)6-26-12(15-9-2-8(27)3-10(9)15)4-11(25-26)7-1-13(16(23)24-5-7)28-17(20,21)22/h1-2,4-5,8,10,14-15,27H,3,6H2,(H2,23,24)/t8?,10-,15-/m1/s1. The molecule has 4 rings (SSSR count). The van der Waals surface area contributed by atoms with Crippen LogP contribution < -0.4 is 10.5 Å². The molecule has 6 nitrogen and oxygen atoms in total. The van der Waals surface area contributed by atoms with Crippen LogP contribution in [0.4, 0.5) is 27.8 Å². The Balaban J connectivity index is 1.69. The van der Waals surface area contributed by atoms with Crippen molar-refractivity contribution in [2.75, 3.05) is 5.73 Å². The van der Waals surface area contributed by atoms with Crippen molar-refractivity contribution in [1.29, 1.82) is 0 Å². The lowest BCUT2D eigenvalue weighted by molar-refractivity contribution is -0.274. The van der Waals surface area contributed by atoms with Gasteiger partial charge in [0.15, 0.2) is 11.6 Å². The number of aromatic nitrogens is 3. The highest BCUT2D eigenvalue weighted by molar-refractivity contribution is 5.65. The molecule has 11 heteroatoms. The lowest BCUT2D eigenvalue weighted by Crippen LogP contribution is -2.18. The van der Waals surface area contributed by atoms with Gasteiger partial charge in [-0.15, -0.1) is 13.2 Å². The molecule has 0 spiro atoms. The predicted molar refractivity (Wildman–Crippen MR) is 87.5 cm³/mol. The van der Waals surface area contributed by atoms with Crippen LogP contribution in [0.15, 0.2) is 30.0 Å². The lowest BCUT2D eigenvalue weighted by Gasteiger charge is -2.11. The summed E-state index contributed by atoms with van der Waals surface area (Å²) in [6.45, 7) is -0.650. The van der Waals surface area contributed by atoms with Gasteiger partial charge >= 0.3 is 6.36 Å². The zero-order valence-electron chi connectivity index (χ0n) is 14.2. The number of hydrogen-bond acceptors (Lipinski definition) is 5. The topological polar surface area (TPSA) is 86.2 Å². The normalized spacial score (nSPS) is 23.7. The summed E-state index contributed by atoms with van der Waals surface area (Å²) in [5.74, 6) is -1.20. The van der Waals surface area contributed by atoms with Gasteiger partial charge < -0.3 is 15.6 Å². The molecule has 1 unspecified atom stereocenters. The number of ether oxygens (including phenoxy) is 1. The van der Waals surface area contributed by atoms with Crippen molar-refractivity contribution in [1.82, 2.24) is 14.8 Å². The van der Waals surface area contributed by atoms with Crippen LogP contribution in [0.1, 0.15) is 18.0 Å². The highest BCUT2D eigenvalue weighted by Gasteiger charge is 2.51. The number of pyridine rings is 1. The summed E-state index contributed by atoms with van der Waals surface area (Å²) in [4.78, 5) is 3.68. The largest absolute Gasteiger partial charge is 0.573 e. The highest BCUT2D eigenvalue weighted by atomic mass is 19.4. The van der Waals surface area contributed by atoms with Gasteiger partial charge in [0.25, 0.3) is 6.43 Å². The van der Waals surface area contributed by atoms with Gasteiger partial charge in [0, 0.05) is 23.4 Å². The van der Waals surface area contributed by atoms with E-state index in [0.29, 0.717) is 12.1 Å². The Morgan fingerprint density at radius 3 is 2.68 bits per heavy atom. The van der Waals surface area contributed by atoms with E-state index in [0.717, 1.165) is 16.3 Å². The second-order valence-corrected chi connectivity index (χ2v) is 6.74. The first kappa shape index (κ1) is 18.7. The van der Waals surface area contributed by atoms with Crippen molar-refractivity contribution in [3.05, 3.63) is 35.7 Å². The van der Waals surface area contributed by atoms with Crippen molar-refractivity contribution in [3.63, 3.8) is 0 Å². The van der Waals surface area contributed by atoms with Crippen molar-refractivity contribution < 1.29 is 31.8 Å². The number of nitrogens with zero attached hydrogens (tertiary/aromatic N) is 3. The van der Waals surface area contributed by atoms with Crippen LogP contribution in [0.3, 0.4) is 0 Å². The minimum Gasteiger partial charge on any atom is -0.402 e. The number of aliphatic hydroxyl groups is 1. The fourth-order valence-corrected chi connectivity index (χ4v) is 3.67. The van der Waals surface area contributed by atoms with Gasteiger partial charge in [-0.25, -0.2) is 13.8 Å². The van der Waals surface area contributed by atoms with Crippen molar-refractivity contribution in [2.45, 2.75) is 37.8 Å². The average Bonchev–Trinajstić information content (AvgIpc) is 2.91. The Kier molecular flexibility index (Phi) is 4.29. The maximum absolute atomic E-state index is 13.0. The summed E-state index contributed by atoms with van der Waals surface area (Å²) < 4.78 is 68.4. The molecular formula is C17H15F5N4O2. The van der Waals surface area contributed by atoms with Crippen LogP contribution in [0.25, 0.3) is 11.3 Å². The number of alkyl halides is 5. The first-order valence-electron chi connectivity index (χ1n) is 8.39. The quantitative estimate of drug-likeness (QED) is 0.593. The summed E-state index contributed by atoms with van der Waals surface area (Å²) in [5, 5.41) is 13.7. The molecule has 2 aromatic heterocycles. The molecule has 2 aromatic rings. The molecule has 0 radical (unpaired) electrons. The number of nitrogen functional groups attached to an aromatic ring is 1. The third kappa shape index (κ3) is 3.53. The van der Waals surface area contributed by atoms with E-state index >= 15 is 0 Å². The van der Waals surface area contributed by atoms with Gasteiger partial charge in [-0.2, -0.15) is 5.10 Å². The Labute approximate surface area is 155 Å². The summed E-state index contributed by atoms with van der Waals surface area (Å²) in [6, 6.07) is 2.56. The van der Waals surface area contributed by atoms with Gasteiger partial charge in [-0.3, -0.25) is 4.68 Å². The minimum absolute atomic E-state index is 0.0737. The summed E-state index contributed by atoms with van der Waals surface area (Å²) >= 11 is 0. The Morgan fingerprint density at radius 2 is 2.07 bits per heavy atom. The Bertz CT molecular complexity index is 940. The average molecular weight is 402 g/mol. The monoisotopic (exact) mass is 402 g/mol. The molecule has 2 heterocycles. The van der Waals surface area contributed by atoms with Gasteiger partial charge in [-0.1, -0.05) is 11.6 Å². The smallest absolute Gasteiger partial charge is 0.402 e. The number of nitrogens with two attached hydrogens (primary N) is 1. The van der Waals surface area contributed by atoms with Crippen molar-refractivity contribution in [2.24, 2.45) is 5.92 Å². The van der Waals surface area contributed by atoms with E-state index < -0.39 is 37.0 Å². The minimum atomic E-state index is -4.95. The fourth-order valence-electron chi connectivity index (χ4n) is 3.67. The van der Waals surface area contributed by atoms with Crippen molar-refractivity contribution >= 4 is 5.82 Å². The van der Waals surface area contributed by atoms with Crippen LogP contribution in [0.2, 0.25) is 0 Å². The Morgan fingerprint density at radius 1 is 1.32 bits per heavy atom. The number of fused-ring (bicyclic) bond motifs is 1. The molecule has 0 saturated heterocycles. The van der Waals surface area contributed by atoms with Gasteiger partial charge in [0.05, 0.1) is 11.8 Å². The molecule has 150 valence electrons. The summed E-state index contributed by atoms with van der Waals surface area (Å²) in [5.41, 5.74) is 7.24. The molecule has 0 aliphatic heterocycles. The number of hydrogen-bond donors (Lipinski definition) is 2. The summed E-state index contributed by atoms with van der Waals surface area (Å²) in [6.07, 6.45) is -4.72. The third-order valence-corrected chi connectivity index (χ3v) is 4.80. The van der Waals surface area contributed by atoms with Crippen LogP contribution in [-0.4, -0.2) is 38.8 Å². The number of allylic oxidation sites excluding steroid dienone is 1. The van der Waals surface area contributed by atoms with Gasteiger partial charge in [0.2, 0.25) is 0 Å². The molecule has 0 aromatic carbocycles. The maximum Gasteiger partial charge on any atom is 0.573 e. The van der Waals surface area contributed by atoms with E-state index in [-0.39, 0.29) is 23.1 Å². The van der Waals surface area contributed by atoms with Crippen molar-refractivity contribution in [3.8, 4) is 17.0 Å². The first-order valence-corrected chi connectivity index (χ1v) is 8.39. The molecule has 2 aliphatic carbocycles. The molecule has 1 fully saturated rings. The van der Waals surface area contributed by atoms with E-state index in [4.69, 9.17) is 5.73 Å². The number of halogens is 5. The SMILES string of the molecule is Nc1ncc(-c2cc([C@@H]3C4=CC(O)C[C@H]43)n(CC(F)F)n2)cc1OC(F)(F)F. The number of rotatable bonds is 5. The molecule has 2 aliphatic rings. The second kappa shape index (κ2) is 6.43. The van der Waals surface area contributed by atoms with Gasteiger partial charge in [0.1, 0.15) is 6.54 Å². The zero-order chi connectivity index (χ0) is 20.2. The predicted octanol–water partition coefficient (Wildman–Crippen LogP) is 3.10. The van der Waals surface area contributed by atoms with E-state index in [1.165, 1.54) is 6.20 Å². The molecule has 28 heavy (non-hydrogen) atoms. The molecule has 3 atom stereocenters. The first-order chi connectivity index (χ1) is 13.1. The third-order valence-electron chi connectivity index (χ3n) is 4.80. The van der Waals surface area contributed by atoms with Crippen LogP contribution in [-0.2, 0) is 6.54 Å². The van der Waals surface area contributed by atoms with Crippen LogP contribution >= 0.6 is 0 Å². The molecule has 3 N–H and O–H groups in total. The summed E-state index contributed by atoms with van der Waals surface area (Å²) in [7, 11) is 0. The van der Waals surface area contributed by atoms with Crippen LogP contribution in [0.5, 0.6) is 5.75 Å². The molecular weight excluding hydrogens is 387 g/mol. The van der Waals surface area contributed by atoms with E-state index in [2.05, 4.69) is 14.8 Å². The van der Waals surface area contributed by atoms with Crippen LogP contribution in [0, 0.1) is 5.92 Å². The van der Waals surface area contributed by atoms with E-state index in [1.807, 2.05) is 0 Å². The Hall–Kier alpha value is -2.69. The molecule has 1 saturated carbocycles. The lowest BCUT2D eigenvalue weighted by atomic mass is 10.1. The van der Waals surface area contributed by atoms with E-state index in [9.17, 15) is 27.1 Å². The highest BCUT2D eigenvalue weighted by Crippen LogP contribution is 2.59. The molecule has 0 amide bonds. The zero-order valence-corrected chi connectivity index (χ0v) is 14.2. The fraction of sp³-hybridized carbons (Fsp3) is 0.412. The van der Waals surface area contributed by atoms with E-state index in [1.54, 1.807) is 12.1 Å². The maximum atomic E-state index is 13.0. The number of aliphatic hydroxyl groups excluding tert-OH is 1.